The average molecular weight is 338 g/mol. The van der Waals surface area contributed by atoms with Crippen LogP contribution in [0.25, 0.3) is 0 Å². The minimum atomic E-state index is 0.173. The Bertz CT molecular complexity index is 662. The maximum atomic E-state index is 11.3. The highest BCUT2D eigenvalue weighted by atomic mass is 16.5. The number of ether oxygens (including phenoxy) is 1. The van der Waals surface area contributed by atoms with Crippen molar-refractivity contribution in [2.45, 2.75) is 13.3 Å². The van der Waals surface area contributed by atoms with Gasteiger partial charge in [-0.25, -0.2) is 0 Å². The Morgan fingerprint density at radius 2 is 1.56 bits per heavy atom. The summed E-state index contributed by atoms with van der Waals surface area (Å²) in [7, 11) is 0. The van der Waals surface area contributed by atoms with Crippen LogP contribution in [-0.2, 0) is 11.2 Å². The summed E-state index contributed by atoms with van der Waals surface area (Å²) in [6.45, 7) is 6.72. The van der Waals surface area contributed by atoms with Crippen molar-refractivity contribution in [2.75, 3.05) is 39.3 Å². The van der Waals surface area contributed by atoms with Gasteiger partial charge in [0.1, 0.15) is 12.4 Å². The topological polar surface area (TPSA) is 32.8 Å². The summed E-state index contributed by atoms with van der Waals surface area (Å²) in [6, 6.07) is 18.8. The van der Waals surface area contributed by atoms with Crippen molar-refractivity contribution in [3.05, 3.63) is 65.7 Å². The minimum absolute atomic E-state index is 0.173. The van der Waals surface area contributed by atoms with Gasteiger partial charge in [-0.3, -0.25) is 9.69 Å². The molecule has 4 heteroatoms. The zero-order valence-corrected chi connectivity index (χ0v) is 14.9. The molecule has 132 valence electrons. The number of piperazine rings is 1. The van der Waals surface area contributed by atoms with Crippen LogP contribution in [0.2, 0.25) is 0 Å². The third-order valence-electron chi connectivity index (χ3n) is 4.67. The smallest absolute Gasteiger partial charge is 0.219 e. The zero-order valence-electron chi connectivity index (χ0n) is 14.9. The summed E-state index contributed by atoms with van der Waals surface area (Å²) in [5.74, 6) is 1.09. The molecular weight excluding hydrogens is 312 g/mol. The quantitative estimate of drug-likeness (QED) is 0.812. The first-order valence-electron chi connectivity index (χ1n) is 8.94. The third-order valence-corrected chi connectivity index (χ3v) is 4.67. The molecule has 0 aromatic heterocycles. The molecule has 0 bridgehead atoms. The Hall–Kier alpha value is -2.33. The first-order valence-corrected chi connectivity index (χ1v) is 8.94. The zero-order chi connectivity index (χ0) is 17.5. The van der Waals surface area contributed by atoms with E-state index in [-0.39, 0.29) is 5.91 Å². The molecule has 2 aromatic rings. The van der Waals surface area contributed by atoms with E-state index in [9.17, 15) is 4.79 Å². The minimum Gasteiger partial charge on any atom is -0.492 e. The van der Waals surface area contributed by atoms with Crippen LogP contribution in [0.3, 0.4) is 0 Å². The van der Waals surface area contributed by atoms with Crippen LogP contribution in [0.5, 0.6) is 5.75 Å². The van der Waals surface area contributed by atoms with Crippen LogP contribution in [0, 0.1) is 0 Å². The summed E-state index contributed by atoms with van der Waals surface area (Å²) in [5, 5.41) is 0. The second-order valence-corrected chi connectivity index (χ2v) is 6.50. The Balaban J connectivity index is 1.40. The van der Waals surface area contributed by atoms with Crippen molar-refractivity contribution in [2.24, 2.45) is 0 Å². The lowest BCUT2D eigenvalue weighted by molar-refractivity contribution is -0.130. The highest BCUT2D eigenvalue weighted by molar-refractivity contribution is 5.73. The lowest BCUT2D eigenvalue weighted by atomic mass is 10.1. The van der Waals surface area contributed by atoms with Crippen LogP contribution in [0.4, 0.5) is 0 Å². The third kappa shape index (κ3) is 5.33. The molecule has 0 spiro atoms. The standard InChI is InChI=1S/C21H26N2O2/c1-18(24)23-13-11-22(12-14-23)15-16-25-21-9-7-20(8-10-21)17-19-5-3-2-4-6-19/h2-10H,11-17H2,1H3. The fourth-order valence-electron chi connectivity index (χ4n) is 3.11. The first-order chi connectivity index (χ1) is 12.2. The van der Waals surface area contributed by atoms with Gasteiger partial charge in [-0.2, -0.15) is 0 Å². The van der Waals surface area contributed by atoms with Gasteiger partial charge in [-0.1, -0.05) is 42.5 Å². The van der Waals surface area contributed by atoms with Gasteiger partial charge in [0.15, 0.2) is 0 Å². The number of carbonyl (C=O) groups excluding carboxylic acids is 1. The number of amides is 1. The molecule has 1 aliphatic rings. The Morgan fingerprint density at radius 3 is 2.20 bits per heavy atom. The molecule has 1 fully saturated rings. The predicted molar refractivity (Wildman–Crippen MR) is 99.9 cm³/mol. The summed E-state index contributed by atoms with van der Waals surface area (Å²) < 4.78 is 5.87. The monoisotopic (exact) mass is 338 g/mol. The van der Waals surface area contributed by atoms with E-state index in [4.69, 9.17) is 4.74 Å². The van der Waals surface area contributed by atoms with E-state index in [0.717, 1.165) is 44.9 Å². The lowest BCUT2D eigenvalue weighted by Crippen LogP contribution is -2.48. The van der Waals surface area contributed by atoms with E-state index in [1.807, 2.05) is 23.1 Å². The van der Waals surface area contributed by atoms with E-state index in [1.54, 1.807) is 6.92 Å². The largest absolute Gasteiger partial charge is 0.492 e. The van der Waals surface area contributed by atoms with Crippen molar-refractivity contribution < 1.29 is 9.53 Å². The number of nitrogens with zero attached hydrogens (tertiary/aromatic N) is 2. The SMILES string of the molecule is CC(=O)N1CCN(CCOc2ccc(Cc3ccccc3)cc2)CC1. The molecule has 1 heterocycles. The molecule has 1 amide bonds. The molecule has 3 rings (SSSR count). The molecular formula is C21H26N2O2. The summed E-state index contributed by atoms with van der Waals surface area (Å²) in [4.78, 5) is 15.6. The maximum absolute atomic E-state index is 11.3. The molecule has 25 heavy (non-hydrogen) atoms. The highest BCUT2D eigenvalue weighted by Gasteiger charge is 2.17. The van der Waals surface area contributed by atoms with Crippen LogP contribution in [0.1, 0.15) is 18.1 Å². The van der Waals surface area contributed by atoms with Gasteiger partial charge in [-0.05, 0) is 29.7 Å². The van der Waals surface area contributed by atoms with Gasteiger partial charge in [0, 0.05) is 39.6 Å². The molecule has 0 atom stereocenters. The maximum Gasteiger partial charge on any atom is 0.219 e. The molecule has 0 unspecified atom stereocenters. The van der Waals surface area contributed by atoms with Crippen LogP contribution >= 0.6 is 0 Å². The molecule has 0 radical (unpaired) electrons. The normalized spacial score (nSPS) is 15.2. The van der Waals surface area contributed by atoms with Crippen LogP contribution in [0.15, 0.2) is 54.6 Å². The van der Waals surface area contributed by atoms with Gasteiger partial charge in [0.25, 0.3) is 0 Å². The van der Waals surface area contributed by atoms with E-state index < -0.39 is 0 Å². The van der Waals surface area contributed by atoms with E-state index in [1.165, 1.54) is 11.1 Å². The van der Waals surface area contributed by atoms with Crippen molar-refractivity contribution >= 4 is 5.91 Å². The number of benzene rings is 2. The van der Waals surface area contributed by atoms with Crippen molar-refractivity contribution in [1.82, 2.24) is 9.80 Å². The second kappa shape index (κ2) is 8.67. The second-order valence-electron chi connectivity index (χ2n) is 6.50. The molecule has 0 N–H and O–H groups in total. The number of rotatable bonds is 6. The molecule has 4 nitrogen and oxygen atoms in total. The summed E-state index contributed by atoms with van der Waals surface area (Å²) in [6.07, 6.45) is 0.946. The molecule has 1 saturated heterocycles. The summed E-state index contributed by atoms with van der Waals surface area (Å²) >= 11 is 0. The Kier molecular flexibility index (Phi) is 6.07. The van der Waals surface area contributed by atoms with Gasteiger partial charge >= 0.3 is 0 Å². The predicted octanol–water partition coefficient (Wildman–Crippen LogP) is 2.82. The van der Waals surface area contributed by atoms with Gasteiger partial charge in [0.2, 0.25) is 5.91 Å². The summed E-state index contributed by atoms with van der Waals surface area (Å²) in [5.41, 5.74) is 2.61. The first kappa shape index (κ1) is 17.5. The van der Waals surface area contributed by atoms with Crippen molar-refractivity contribution in [3.63, 3.8) is 0 Å². The highest BCUT2D eigenvalue weighted by Crippen LogP contribution is 2.15. The van der Waals surface area contributed by atoms with Crippen molar-refractivity contribution in [1.29, 1.82) is 0 Å². The van der Waals surface area contributed by atoms with Gasteiger partial charge in [0.05, 0.1) is 0 Å². The van der Waals surface area contributed by atoms with Gasteiger partial charge < -0.3 is 9.64 Å². The van der Waals surface area contributed by atoms with Crippen molar-refractivity contribution in [3.8, 4) is 5.75 Å². The fraction of sp³-hybridized carbons (Fsp3) is 0.381. The van der Waals surface area contributed by atoms with E-state index >= 15 is 0 Å². The van der Waals surface area contributed by atoms with Crippen LogP contribution < -0.4 is 4.74 Å². The number of hydrogen-bond donors (Lipinski definition) is 0. The van der Waals surface area contributed by atoms with Crippen LogP contribution in [-0.4, -0.2) is 55.0 Å². The molecule has 2 aromatic carbocycles. The Labute approximate surface area is 150 Å². The molecule has 0 aliphatic carbocycles. The number of hydrogen-bond acceptors (Lipinski definition) is 3. The van der Waals surface area contributed by atoms with Gasteiger partial charge in [-0.15, -0.1) is 0 Å². The molecule has 1 aliphatic heterocycles. The Morgan fingerprint density at radius 1 is 0.920 bits per heavy atom. The van der Waals surface area contributed by atoms with E-state index in [0.29, 0.717) is 6.61 Å². The fourth-order valence-corrected chi connectivity index (χ4v) is 3.11. The lowest BCUT2D eigenvalue weighted by Gasteiger charge is -2.34. The number of carbonyl (C=O) groups is 1. The van der Waals surface area contributed by atoms with E-state index in [2.05, 4.69) is 41.3 Å². The average Bonchev–Trinajstić information content (AvgIpc) is 2.64. The molecule has 0 saturated carbocycles.